The van der Waals surface area contributed by atoms with Crippen LogP contribution in [0.4, 0.5) is 0 Å². The molecule has 3 aliphatic rings. The Balaban J connectivity index is 1.62. The molecule has 0 aromatic carbocycles. The van der Waals surface area contributed by atoms with Crippen LogP contribution in [0.3, 0.4) is 0 Å². The van der Waals surface area contributed by atoms with Gasteiger partial charge in [-0.05, 0) is 33.6 Å². The zero-order valence-electron chi connectivity index (χ0n) is 18.6. The summed E-state index contributed by atoms with van der Waals surface area (Å²) in [5.74, 6) is 0. The van der Waals surface area contributed by atoms with Gasteiger partial charge < -0.3 is 54.3 Å². The molecule has 0 aromatic heterocycles. The van der Waals surface area contributed by atoms with Gasteiger partial charge in [-0.3, -0.25) is 0 Å². The molecule has 0 radical (unpaired) electrons. The molecule has 11 nitrogen and oxygen atoms in total. The molecule has 0 unspecified atom stereocenters. The number of aliphatic hydroxyl groups excluding tert-OH is 6. The molecule has 3 fully saturated rings. The quantitative estimate of drug-likeness (QED) is 0.234. The summed E-state index contributed by atoms with van der Waals surface area (Å²) in [5, 5.41) is 60.3. The fourth-order valence-electron chi connectivity index (χ4n) is 4.14. The van der Waals surface area contributed by atoms with Gasteiger partial charge in [0.2, 0.25) is 0 Å². The molecule has 0 bridgehead atoms. The second kappa shape index (κ2) is 9.88. The molecule has 11 heteroatoms. The van der Waals surface area contributed by atoms with E-state index in [1.54, 1.807) is 19.9 Å². The van der Waals surface area contributed by atoms with Gasteiger partial charge >= 0.3 is 0 Å². The highest BCUT2D eigenvalue weighted by Gasteiger charge is 2.50. The average molecular weight is 465 g/mol. The van der Waals surface area contributed by atoms with Gasteiger partial charge in [-0.1, -0.05) is 6.08 Å². The van der Waals surface area contributed by atoms with Gasteiger partial charge in [0.05, 0.1) is 30.5 Å². The van der Waals surface area contributed by atoms with Gasteiger partial charge in [-0.25, -0.2) is 0 Å². The Morgan fingerprint density at radius 3 is 2.28 bits per heavy atom. The number of hydrogen-bond donors (Lipinski definition) is 6. The fourth-order valence-corrected chi connectivity index (χ4v) is 4.14. The van der Waals surface area contributed by atoms with E-state index in [0.29, 0.717) is 6.42 Å². The molecule has 11 atom stereocenters. The molecule has 186 valence electrons. The predicted molar refractivity (Wildman–Crippen MR) is 108 cm³/mol. The van der Waals surface area contributed by atoms with Crippen molar-refractivity contribution in [1.82, 2.24) is 0 Å². The minimum Gasteiger partial charge on any atom is -0.388 e. The highest BCUT2D eigenvalue weighted by molar-refractivity contribution is 5.02. The van der Waals surface area contributed by atoms with Crippen LogP contribution in [0.2, 0.25) is 0 Å². The van der Waals surface area contributed by atoms with E-state index in [4.69, 9.17) is 23.7 Å². The van der Waals surface area contributed by atoms with Crippen LogP contribution in [0.1, 0.15) is 33.6 Å². The van der Waals surface area contributed by atoms with Gasteiger partial charge in [0, 0.05) is 0 Å². The summed E-state index contributed by atoms with van der Waals surface area (Å²) in [5.41, 5.74) is -1.38. The standard InChI is InChI=1S/C21H36O11/c1-5-21(4)7-6-12(31-21)20(2,3)32-19-17(27)15(25)14(24)11(30-19)9-29-18-16(26)13(23)10(22)8-28-18/h5,10-19,22-27H,1,6-9H2,2-4H3/t10-,11-,12+,13+,14-,15+,16-,17-,18+,19+,21-/m1/s1. The summed E-state index contributed by atoms with van der Waals surface area (Å²) < 4.78 is 28.3. The van der Waals surface area contributed by atoms with Crippen LogP contribution in [0.5, 0.6) is 0 Å². The molecule has 6 N–H and O–H groups in total. The summed E-state index contributed by atoms with van der Waals surface area (Å²) in [6.07, 6.45) is -9.65. The summed E-state index contributed by atoms with van der Waals surface area (Å²) in [6.45, 7) is 8.70. The highest BCUT2D eigenvalue weighted by Crippen LogP contribution is 2.39. The zero-order chi connectivity index (χ0) is 23.8. The van der Waals surface area contributed by atoms with Crippen molar-refractivity contribution >= 4 is 0 Å². The Kier molecular flexibility index (Phi) is 8.00. The molecule has 0 amide bonds. The van der Waals surface area contributed by atoms with Crippen LogP contribution in [0, 0.1) is 0 Å². The van der Waals surface area contributed by atoms with Gasteiger partial charge in [-0.15, -0.1) is 6.58 Å². The van der Waals surface area contributed by atoms with E-state index in [1.165, 1.54) is 0 Å². The van der Waals surface area contributed by atoms with Crippen molar-refractivity contribution in [2.45, 2.75) is 106 Å². The number of ether oxygens (including phenoxy) is 5. The Morgan fingerprint density at radius 1 is 1.00 bits per heavy atom. The molecule has 0 saturated carbocycles. The van der Waals surface area contributed by atoms with Crippen LogP contribution >= 0.6 is 0 Å². The maximum absolute atomic E-state index is 10.4. The average Bonchev–Trinajstić information content (AvgIpc) is 3.16. The Hall–Kier alpha value is -0.700. The maximum Gasteiger partial charge on any atom is 0.187 e. The lowest BCUT2D eigenvalue weighted by atomic mass is 9.95. The van der Waals surface area contributed by atoms with Crippen molar-refractivity contribution in [2.24, 2.45) is 0 Å². The first-order valence-electron chi connectivity index (χ1n) is 10.8. The van der Waals surface area contributed by atoms with E-state index in [0.717, 1.165) is 6.42 Å². The summed E-state index contributed by atoms with van der Waals surface area (Å²) in [6, 6.07) is 0. The first-order valence-corrected chi connectivity index (χ1v) is 10.8. The molecule has 32 heavy (non-hydrogen) atoms. The molecule has 0 aliphatic carbocycles. The van der Waals surface area contributed by atoms with Gasteiger partial charge in [0.15, 0.2) is 12.6 Å². The van der Waals surface area contributed by atoms with Crippen molar-refractivity contribution in [1.29, 1.82) is 0 Å². The Morgan fingerprint density at radius 2 is 1.66 bits per heavy atom. The van der Waals surface area contributed by atoms with E-state index in [1.807, 2.05) is 6.92 Å². The Bertz CT molecular complexity index is 645. The minimum absolute atomic E-state index is 0.247. The van der Waals surface area contributed by atoms with E-state index in [-0.39, 0.29) is 19.3 Å². The number of aliphatic hydroxyl groups is 6. The fraction of sp³-hybridized carbons (Fsp3) is 0.905. The molecule has 0 aromatic rings. The SMILES string of the molecule is C=C[C@]1(C)CC[C@@H](C(C)(C)O[C@@H]2O[C@H](CO[C@@H]3OC[C@@H](O)[C@H](O)[C@H]3O)[C@@H](O)[C@H](O)[C@H]2O)O1. The number of rotatable bonds is 7. The van der Waals surface area contributed by atoms with Crippen LogP contribution < -0.4 is 0 Å². The van der Waals surface area contributed by atoms with Crippen LogP contribution in [-0.4, -0.2) is 116 Å². The van der Waals surface area contributed by atoms with Crippen molar-refractivity contribution in [3.05, 3.63) is 12.7 Å². The molecular formula is C21H36O11. The van der Waals surface area contributed by atoms with E-state index in [2.05, 4.69) is 6.58 Å². The van der Waals surface area contributed by atoms with E-state index < -0.39 is 66.5 Å². The third kappa shape index (κ3) is 5.34. The van der Waals surface area contributed by atoms with E-state index >= 15 is 0 Å². The van der Waals surface area contributed by atoms with Crippen LogP contribution in [0.25, 0.3) is 0 Å². The first-order chi connectivity index (χ1) is 14.9. The summed E-state index contributed by atoms with van der Waals surface area (Å²) in [4.78, 5) is 0. The van der Waals surface area contributed by atoms with E-state index in [9.17, 15) is 30.6 Å². The second-order valence-electron chi connectivity index (χ2n) is 9.48. The molecule has 0 spiro atoms. The normalized spacial score (nSPS) is 48.0. The second-order valence-corrected chi connectivity index (χ2v) is 9.48. The van der Waals surface area contributed by atoms with Gasteiger partial charge in [0.25, 0.3) is 0 Å². The Labute approximate surface area is 187 Å². The predicted octanol–water partition coefficient (Wildman–Crippen LogP) is -1.83. The molecule has 3 saturated heterocycles. The van der Waals surface area contributed by atoms with Gasteiger partial charge in [-0.2, -0.15) is 0 Å². The van der Waals surface area contributed by atoms with Crippen molar-refractivity contribution in [3.63, 3.8) is 0 Å². The smallest absolute Gasteiger partial charge is 0.187 e. The lowest BCUT2D eigenvalue weighted by molar-refractivity contribution is -0.343. The molecule has 3 rings (SSSR count). The minimum atomic E-state index is -1.58. The topological polar surface area (TPSA) is 168 Å². The van der Waals surface area contributed by atoms with Crippen molar-refractivity contribution < 1.29 is 54.3 Å². The summed E-state index contributed by atoms with van der Waals surface area (Å²) >= 11 is 0. The van der Waals surface area contributed by atoms with Crippen LogP contribution in [0.15, 0.2) is 12.7 Å². The summed E-state index contributed by atoms with van der Waals surface area (Å²) in [7, 11) is 0. The number of hydrogen-bond acceptors (Lipinski definition) is 11. The van der Waals surface area contributed by atoms with Gasteiger partial charge in [0.1, 0.15) is 42.7 Å². The lowest BCUT2D eigenvalue weighted by Gasteiger charge is -2.44. The zero-order valence-corrected chi connectivity index (χ0v) is 18.6. The first kappa shape index (κ1) is 25.9. The van der Waals surface area contributed by atoms with Crippen molar-refractivity contribution in [3.8, 4) is 0 Å². The molecule has 3 aliphatic heterocycles. The highest BCUT2D eigenvalue weighted by atomic mass is 16.7. The van der Waals surface area contributed by atoms with Crippen molar-refractivity contribution in [2.75, 3.05) is 13.2 Å². The largest absolute Gasteiger partial charge is 0.388 e. The maximum atomic E-state index is 10.4. The lowest BCUT2D eigenvalue weighted by Crippen LogP contribution is -2.62. The molecule has 3 heterocycles. The monoisotopic (exact) mass is 464 g/mol. The third-order valence-corrected chi connectivity index (χ3v) is 6.49. The van der Waals surface area contributed by atoms with Crippen LogP contribution in [-0.2, 0) is 23.7 Å². The third-order valence-electron chi connectivity index (χ3n) is 6.49. The molecular weight excluding hydrogens is 428 g/mol.